The van der Waals surface area contributed by atoms with Gasteiger partial charge in [0.2, 0.25) is 0 Å². The van der Waals surface area contributed by atoms with Gasteiger partial charge in [-0.25, -0.2) is 0 Å². The molecule has 0 fully saturated rings. The Morgan fingerprint density at radius 3 is 1.20 bits per heavy atom. The second-order valence-electron chi connectivity index (χ2n) is 19.9. The summed E-state index contributed by atoms with van der Waals surface area (Å²) in [6, 6.07) is 70.3. The predicted molar refractivity (Wildman–Crippen MR) is 288 cm³/mol. The molecule has 310 valence electrons. The molecule has 0 nitrogen and oxygen atoms in total. The fourth-order valence-electron chi connectivity index (χ4n) is 12.6. The minimum atomic E-state index is -0.112. The van der Waals surface area contributed by atoms with Crippen molar-refractivity contribution in [2.75, 3.05) is 0 Å². The monoisotopic (exact) mass is 874 g/mol. The number of thiophene rings is 2. The summed E-state index contributed by atoms with van der Waals surface area (Å²) >= 11 is 3.78. The Morgan fingerprint density at radius 1 is 0.288 bits per heavy atom. The minimum absolute atomic E-state index is 0.112. The zero-order valence-electron chi connectivity index (χ0n) is 37.1. The van der Waals surface area contributed by atoms with Crippen LogP contribution in [0.4, 0.5) is 0 Å². The van der Waals surface area contributed by atoms with Gasteiger partial charge in [-0.3, -0.25) is 0 Å². The van der Waals surface area contributed by atoms with Crippen LogP contribution in [0.15, 0.2) is 182 Å². The van der Waals surface area contributed by atoms with Crippen molar-refractivity contribution in [3.63, 3.8) is 0 Å². The second-order valence-corrected chi connectivity index (χ2v) is 22.1. The highest BCUT2D eigenvalue weighted by Crippen LogP contribution is 2.57. The van der Waals surface area contributed by atoms with Crippen LogP contribution < -0.4 is 0 Å². The number of benzene rings is 11. The van der Waals surface area contributed by atoms with Gasteiger partial charge >= 0.3 is 0 Å². The summed E-state index contributed by atoms with van der Waals surface area (Å²) in [7, 11) is 0. The molecule has 15 rings (SSSR count). The van der Waals surface area contributed by atoms with Crippen molar-refractivity contribution in [3.05, 3.63) is 204 Å². The molecular weight excluding hydrogens is 833 g/mol. The van der Waals surface area contributed by atoms with E-state index in [2.05, 4.69) is 210 Å². The number of rotatable bonds is 2. The lowest BCUT2D eigenvalue weighted by molar-refractivity contribution is 0.660. The van der Waals surface area contributed by atoms with E-state index in [1.165, 1.54) is 150 Å². The van der Waals surface area contributed by atoms with Gasteiger partial charge in [0, 0.05) is 51.2 Å². The summed E-state index contributed by atoms with van der Waals surface area (Å²) < 4.78 is 5.34. The van der Waals surface area contributed by atoms with Gasteiger partial charge in [-0.1, -0.05) is 149 Å². The first kappa shape index (κ1) is 37.2. The van der Waals surface area contributed by atoms with E-state index >= 15 is 0 Å². The van der Waals surface area contributed by atoms with Crippen LogP contribution in [-0.2, 0) is 10.8 Å². The van der Waals surface area contributed by atoms with Gasteiger partial charge in [-0.2, -0.15) is 0 Å². The van der Waals surface area contributed by atoms with Crippen molar-refractivity contribution in [2.24, 2.45) is 0 Å². The van der Waals surface area contributed by atoms with Crippen LogP contribution >= 0.6 is 22.7 Å². The molecule has 0 atom stereocenters. The highest BCUT2D eigenvalue weighted by molar-refractivity contribution is 7.26. The summed E-state index contributed by atoms with van der Waals surface area (Å²) in [6.07, 6.45) is 0. The van der Waals surface area contributed by atoms with E-state index in [1.54, 1.807) is 0 Å². The standard InChI is InChI=1S/C64H42S2/c1-63(2)51-17-9-5-15-43(51)61-53(63)25-23-41-45-34-46-38(29-37(45)32-47(59(41)61)35-21-27-57-49(30-35)39-13-7-11-19-55(39)65-57)33-48(36-22-28-58-50(31-36)40-14-8-12-20-56(40)66-58)60-42(46)24-26-54-62(60)44-16-6-10-18-52(44)64(54,3)4/h5-34H,1-4H3. The van der Waals surface area contributed by atoms with Gasteiger partial charge in [0.25, 0.3) is 0 Å². The first-order valence-electron chi connectivity index (χ1n) is 23.2. The molecular formula is C64H42S2. The molecule has 2 aliphatic carbocycles. The summed E-state index contributed by atoms with van der Waals surface area (Å²) in [4.78, 5) is 0. The third-order valence-electron chi connectivity index (χ3n) is 15.8. The molecule has 0 bridgehead atoms. The Morgan fingerprint density at radius 2 is 0.712 bits per heavy atom. The molecule has 0 saturated heterocycles. The van der Waals surface area contributed by atoms with Crippen molar-refractivity contribution in [1.82, 2.24) is 0 Å². The van der Waals surface area contributed by atoms with Crippen LogP contribution in [0.5, 0.6) is 0 Å². The lowest BCUT2D eigenvalue weighted by Gasteiger charge is -2.23. The Bertz CT molecular complexity index is 4060. The van der Waals surface area contributed by atoms with Gasteiger partial charge < -0.3 is 0 Å². The molecule has 0 saturated carbocycles. The smallest absolute Gasteiger partial charge is 0.0355 e. The Kier molecular flexibility index (Phi) is 7.22. The van der Waals surface area contributed by atoms with E-state index in [1.807, 2.05) is 22.7 Å². The molecule has 0 aliphatic heterocycles. The predicted octanol–water partition coefficient (Wildman–Crippen LogP) is 19.0. The average Bonchev–Trinajstić information content (AvgIpc) is 4.05. The molecule has 13 aromatic rings. The van der Waals surface area contributed by atoms with Gasteiger partial charge in [0.1, 0.15) is 0 Å². The third-order valence-corrected chi connectivity index (χ3v) is 18.1. The maximum Gasteiger partial charge on any atom is 0.0355 e. The topological polar surface area (TPSA) is 0 Å². The average molecular weight is 875 g/mol. The number of hydrogen-bond donors (Lipinski definition) is 0. The van der Waals surface area contributed by atoms with E-state index in [9.17, 15) is 0 Å². The fraction of sp³-hybridized carbons (Fsp3) is 0.0938. The van der Waals surface area contributed by atoms with Crippen molar-refractivity contribution in [1.29, 1.82) is 0 Å². The molecule has 66 heavy (non-hydrogen) atoms. The summed E-state index contributed by atoms with van der Waals surface area (Å²) in [5, 5.41) is 15.8. The molecule has 0 N–H and O–H groups in total. The quantitative estimate of drug-likeness (QED) is 0.120. The van der Waals surface area contributed by atoms with Gasteiger partial charge in [-0.15, -0.1) is 22.7 Å². The lowest BCUT2D eigenvalue weighted by atomic mass is 9.80. The van der Waals surface area contributed by atoms with Crippen LogP contribution in [-0.4, -0.2) is 0 Å². The molecule has 11 aromatic carbocycles. The highest BCUT2D eigenvalue weighted by atomic mass is 32.1. The normalized spacial score (nSPS) is 14.6. The largest absolute Gasteiger partial charge is 0.135 e. The van der Waals surface area contributed by atoms with E-state index < -0.39 is 0 Å². The lowest BCUT2D eigenvalue weighted by Crippen LogP contribution is -2.14. The molecule has 2 heteroatoms. The van der Waals surface area contributed by atoms with Crippen molar-refractivity contribution < 1.29 is 0 Å². The van der Waals surface area contributed by atoms with Crippen molar-refractivity contribution >= 4 is 106 Å². The Labute approximate surface area is 391 Å². The van der Waals surface area contributed by atoms with Crippen LogP contribution in [0.25, 0.3) is 128 Å². The zero-order chi connectivity index (χ0) is 43.8. The van der Waals surface area contributed by atoms with Crippen LogP contribution in [0, 0.1) is 0 Å². The molecule has 2 heterocycles. The van der Waals surface area contributed by atoms with Gasteiger partial charge in [0.05, 0.1) is 0 Å². The first-order chi connectivity index (χ1) is 32.2. The SMILES string of the molecule is CC1(C)c2ccccc2-c2c1ccc1c2c(-c2ccc3sc4ccccc4c3c2)cc2cc3cc(-c4ccc5sc6ccccc6c5c4)c4c5c(ccc4c3cc21)C(C)(C)c1ccccc1-5. The van der Waals surface area contributed by atoms with Gasteiger partial charge in [-0.05, 0) is 171 Å². The highest BCUT2D eigenvalue weighted by Gasteiger charge is 2.38. The zero-order valence-corrected chi connectivity index (χ0v) is 38.8. The fourth-order valence-corrected chi connectivity index (χ4v) is 14.8. The molecule has 0 spiro atoms. The minimum Gasteiger partial charge on any atom is -0.135 e. The van der Waals surface area contributed by atoms with Crippen molar-refractivity contribution in [3.8, 4) is 44.5 Å². The Hall–Kier alpha value is -7.10. The van der Waals surface area contributed by atoms with Gasteiger partial charge in [0.15, 0.2) is 0 Å². The second kappa shape index (κ2) is 12.8. The molecule has 0 radical (unpaired) electrons. The van der Waals surface area contributed by atoms with Crippen molar-refractivity contribution in [2.45, 2.75) is 38.5 Å². The molecule has 0 amide bonds. The first-order valence-corrected chi connectivity index (χ1v) is 24.9. The van der Waals surface area contributed by atoms with E-state index in [-0.39, 0.29) is 10.8 Å². The maximum absolute atomic E-state index is 2.55. The van der Waals surface area contributed by atoms with E-state index in [4.69, 9.17) is 0 Å². The Balaban J connectivity index is 1.09. The van der Waals surface area contributed by atoms with Crippen LogP contribution in [0.1, 0.15) is 49.9 Å². The summed E-state index contributed by atoms with van der Waals surface area (Å²) in [5.41, 5.74) is 16.0. The third kappa shape index (κ3) is 4.78. The van der Waals surface area contributed by atoms with E-state index in [0.717, 1.165) is 0 Å². The summed E-state index contributed by atoms with van der Waals surface area (Å²) in [6.45, 7) is 9.62. The van der Waals surface area contributed by atoms with Crippen LogP contribution in [0.2, 0.25) is 0 Å². The maximum atomic E-state index is 2.55. The van der Waals surface area contributed by atoms with Crippen LogP contribution in [0.3, 0.4) is 0 Å². The molecule has 2 aliphatic rings. The molecule has 0 unspecified atom stereocenters. The number of fused-ring (bicyclic) bond motifs is 20. The number of hydrogen-bond acceptors (Lipinski definition) is 2. The summed E-state index contributed by atoms with van der Waals surface area (Å²) in [5.74, 6) is 0. The van der Waals surface area contributed by atoms with E-state index in [0.29, 0.717) is 0 Å². The molecule has 2 aromatic heterocycles.